The summed E-state index contributed by atoms with van der Waals surface area (Å²) in [5.74, 6) is -1.02. The minimum absolute atomic E-state index is 0.140. The molecule has 0 heterocycles. The van der Waals surface area contributed by atoms with E-state index in [9.17, 15) is 12.8 Å². The lowest BCUT2D eigenvalue weighted by atomic mass is 10.2. The third-order valence-corrected chi connectivity index (χ3v) is 3.98. The fourth-order valence-electron chi connectivity index (χ4n) is 1.68. The van der Waals surface area contributed by atoms with Crippen molar-refractivity contribution < 1.29 is 12.8 Å². The maximum Gasteiger partial charge on any atom is 0.237 e. The van der Waals surface area contributed by atoms with E-state index in [1.54, 1.807) is 24.3 Å². The highest BCUT2D eigenvalue weighted by Gasteiger charge is 2.14. The van der Waals surface area contributed by atoms with Crippen molar-refractivity contribution in [1.82, 2.24) is 0 Å². The second-order valence-electron chi connectivity index (χ2n) is 4.23. The van der Waals surface area contributed by atoms with E-state index in [0.717, 1.165) is 6.07 Å². The minimum atomic E-state index is -3.73. The normalized spacial score (nSPS) is 11.3. The number of hydrogen-bond donors (Lipinski definition) is 2. The van der Waals surface area contributed by atoms with Crippen molar-refractivity contribution in [1.29, 1.82) is 0 Å². The number of nitrogens with one attached hydrogen (secondary N) is 1. The van der Waals surface area contributed by atoms with E-state index in [2.05, 4.69) is 4.72 Å². The van der Waals surface area contributed by atoms with Gasteiger partial charge in [0.1, 0.15) is 5.82 Å². The van der Waals surface area contributed by atoms with Crippen LogP contribution in [0.25, 0.3) is 0 Å². The molecule has 2 rings (SSSR count). The van der Waals surface area contributed by atoms with Gasteiger partial charge < -0.3 is 5.73 Å². The second-order valence-corrected chi connectivity index (χ2v) is 6.39. The number of nitrogen functional groups attached to an aromatic ring is 1. The second kappa shape index (κ2) is 5.68. The van der Waals surface area contributed by atoms with Gasteiger partial charge in [0.05, 0.1) is 11.4 Å². The van der Waals surface area contributed by atoms with Crippen molar-refractivity contribution in [3.8, 4) is 0 Å². The number of halogens is 2. The van der Waals surface area contributed by atoms with Gasteiger partial charge in [-0.1, -0.05) is 23.7 Å². The maximum absolute atomic E-state index is 13.6. The quantitative estimate of drug-likeness (QED) is 0.852. The van der Waals surface area contributed by atoms with Gasteiger partial charge in [0, 0.05) is 10.7 Å². The Hall–Kier alpha value is -1.79. The predicted molar refractivity (Wildman–Crippen MR) is 78.5 cm³/mol. The van der Waals surface area contributed by atoms with Crippen LogP contribution in [0.2, 0.25) is 5.02 Å². The molecule has 0 radical (unpaired) electrons. The zero-order chi connectivity index (χ0) is 14.8. The summed E-state index contributed by atoms with van der Waals surface area (Å²) in [5, 5.41) is 0.196. The Bertz CT molecular complexity index is 735. The summed E-state index contributed by atoms with van der Waals surface area (Å²) in [6.07, 6.45) is 0. The molecule has 106 valence electrons. The molecule has 0 amide bonds. The Labute approximate surface area is 121 Å². The molecule has 0 aliphatic heterocycles. The molecule has 0 fully saturated rings. The number of sulfonamides is 1. The highest BCUT2D eigenvalue weighted by Crippen LogP contribution is 2.21. The highest BCUT2D eigenvalue weighted by molar-refractivity contribution is 7.91. The van der Waals surface area contributed by atoms with E-state index < -0.39 is 15.8 Å². The lowest BCUT2D eigenvalue weighted by Gasteiger charge is -2.09. The molecule has 4 nitrogen and oxygen atoms in total. The first-order valence-corrected chi connectivity index (χ1v) is 7.69. The van der Waals surface area contributed by atoms with Crippen LogP contribution in [0.3, 0.4) is 0 Å². The number of rotatable bonds is 4. The van der Waals surface area contributed by atoms with E-state index in [0.29, 0.717) is 11.3 Å². The first-order valence-electron chi connectivity index (χ1n) is 5.66. The zero-order valence-electron chi connectivity index (χ0n) is 10.3. The van der Waals surface area contributed by atoms with Crippen molar-refractivity contribution >= 4 is 33.0 Å². The molecule has 0 aromatic heterocycles. The summed E-state index contributed by atoms with van der Waals surface area (Å²) in [4.78, 5) is 0. The SMILES string of the molecule is Nc1cccc(CS(=O)(=O)Nc2ccc(Cl)cc2F)c1. The molecule has 0 bridgehead atoms. The van der Waals surface area contributed by atoms with E-state index in [-0.39, 0.29) is 16.5 Å². The Kier molecular flexibility index (Phi) is 4.15. The van der Waals surface area contributed by atoms with Gasteiger partial charge in [-0.15, -0.1) is 0 Å². The Morgan fingerprint density at radius 2 is 1.95 bits per heavy atom. The van der Waals surface area contributed by atoms with Gasteiger partial charge in [0.2, 0.25) is 10.0 Å². The van der Waals surface area contributed by atoms with Crippen LogP contribution < -0.4 is 10.5 Å². The molecular weight excluding hydrogens is 303 g/mol. The fourth-order valence-corrected chi connectivity index (χ4v) is 3.03. The average molecular weight is 315 g/mol. The van der Waals surface area contributed by atoms with Crippen LogP contribution in [0, 0.1) is 5.82 Å². The number of anilines is 2. The summed E-state index contributed by atoms with van der Waals surface area (Å²) < 4.78 is 39.7. The van der Waals surface area contributed by atoms with Crippen LogP contribution in [0.5, 0.6) is 0 Å². The Balaban J connectivity index is 2.19. The molecule has 0 saturated heterocycles. The number of benzene rings is 2. The smallest absolute Gasteiger partial charge is 0.237 e. The molecule has 0 spiro atoms. The van der Waals surface area contributed by atoms with Crippen LogP contribution in [0.4, 0.5) is 15.8 Å². The van der Waals surface area contributed by atoms with Crippen LogP contribution in [-0.4, -0.2) is 8.42 Å². The molecule has 3 N–H and O–H groups in total. The minimum Gasteiger partial charge on any atom is -0.399 e. The van der Waals surface area contributed by atoms with Crippen molar-refractivity contribution in [2.75, 3.05) is 10.5 Å². The molecule has 2 aromatic carbocycles. The lowest BCUT2D eigenvalue weighted by Crippen LogP contribution is -2.16. The van der Waals surface area contributed by atoms with Gasteiger partial charge in [-0.25, -0.2) is 12.8 Å². The monoisotopic (exact) mass is 314 g/mol. The summed E-state index contributed by atoms with van der Waals surface area (Å²) in [6.45, 7) is 0. The van der Waals surface area contributed by atoms with Gasteiger partial charge in [-0.3, -0.25) is 4.72 Å². The molecule has 0 atom stereocenters. The lowest BCUT2D eigenvalue weighted by molar-refractivity contribution is 0.598. The molecule has 2 aromatic rings. The topological polar surface area (TPSA) is 72.2 Å². The van der Waals surface area contributed by atoms with Crippen molar-refractivity contribution in [3.05, 3.63) is 58.9 Å². The molecule has 7 heteroatoms. The van der Waals surface area contributed by atoms with Gasteiger partial charge in [-0.05, 0) is 35.9 Å². The van der Waals surface area contributed by atoms with E-state index >= 15 is 0 Å². The average Bonchev–Trinajstić information content (AvgIpc) is 2.32. The van der Waals surface area contributed by atoms with Gasteiger partial charge >= 0.3 is 0 Å². The van der Waals surface area contributed by atoms with Crippen LogP contribution in [0.15, 0.2) is 42.5 Å². The third-order valence-electron chi connectivity index (χ3n) is 2.50. The fraction of sp³-hybridized carbons (Fsp3) is 0.0769. The molecule has 20 heavy (non-hydrogen) atoms. The van der Waals surface area contributed by atoms with Crippen molar-refractivity contribution in [2.45, 2.75) is 5.75 Å². The standard InChI is InChI=1S/C13H12ClFN2O2S/c14-10-4-5-13(12(15)7-10)17-20(18,19)8-9-2-1-3-11(16)6-9/h1-7,17H,8,16H2. The summed E-state index contributed by atoms with van der Waals surface area (Å²) in [7, 11) is -3.73. The van der Waals surface area contributed by atoms with Gasteiger partial charge in [0.25, 0.3) is 0 Å². The largest absolute Gasteiger partial charge is 0.399 e. The van der Waals surface area contributed by atoms with E-state index in [4.69, 9.17) is 17.3 Å². The number of hydrogen-bond acceptors (Lipinski definition) is 3. The molecule has 0 saturated carbocycles. The summed E-state index contributed by atoms with van der Waals surface area (Å²) in [5.41, 5.74) is 6.43. The van der Waals surface area contributed by atoms with Gasteiger partial charge in [-0.2, -0.15) is 0 Å². The molecule has 0 unspecified atom stereocenters. The van der Waals surface area contributed by atoms with Crippen molar-refractivity contribution in [3.63, 3.8) is 0 Å². The predicted octanol–water partition coefficient (Wildman–Crippen LogP) is 3.00. The molecule has 0 aliphatic rings. The van der Waals surface area contributed by atoms with E-state index in [1.807, 2.05) is 0 Å². The van der Waals surface area contributed by atoms with Crippen molar-refractivity contribution in [2.24, 2.45) is 0 Å². The highest BCUT2D eigenvalue weighted by atomic mass is 35.5. The molecular formula is C13H12ClFN2O2S. The Morgan fingerprint density at radius 1 is 1.20 bits per heavy atom. The zero-order valence-corrected chi connectivity index (χ0v) is 11.9. The van der Waals surface area contributed by atoms with E-state index in [1.165, 1.54) is 12.1 Å². The maximum atomic E-state index is 13.6. The Morgan fingerprint density at radius 3 is 2.60 bits per heavy atom. The van der Waals surface area contributed by atoms with Crippen LogP contribution >= 0.6 is 11.6 Å². The summed E-state index contributed by atoms with van der Waals surface area (Å²) in [6, 6.07) is 10.2. The number of nitrogens with two attached hydrogens (primary N) is 1. The first-order chi connectivity index (χ1) is 9.35. The first kappa shape index (κ1) is 14.6. The summed E-state index contributed by atoms with van der Waals surface area (Å²) >= 11 is 5.60. The van der Waals surface area contributed by atoms with Crippen LogP contribution in [0.1, 0.15) is 5.56 Å². The molecule has 0 aliphatic carbocycles. The van der Waals surface area contributed by atoms with Gasteiger partial charge in [0.15, 0.2) is 0 Å². The third kappa shape index (κ3) is 3.85. The van der Waals surface area contributed by atoms with Crippen LogP contribution in [-0.2, 0) is 15.8 Å².